The minimum absolute atomic E-state index is 0.226. The van der Waals surface area contributed by atoms with Crippen molar-refractivity contribution in [2.24, 2.45) is 5.92 Å². The van der Waals surface area contributed by atoms with Gasteiger partial charge in [-0.15, -0.1) is 0 Å². The molecule has 1 aliphatic heterocycles. The topological polar surface area (TPSA) is 81.2 Å². The second kappa shape index (κ2) is 5.58. The zero-order valence-corrected chi connectivity index (χ0v) is 13.3. The number of nitrogens with one attached hydrogen (secondary N) is 1. The molecule has 0 spiro atoms. The van der Waals surface area contributed by atoms with E-state index in [1.807, 2.05) is 0 Å². The van der Waals surface area contributed by atoms with E-state index < -0.39 is 10.0 Å². The van der Waals surface area contributed by atoms with Gasteiger partial charge in [0.05, 0.1) is 36.2 Å². The SMILES string of the molecule is O=S(=O)(Nc1cnc(CC2CC2)nc1)c1ccc2c(c1)COC2. The highest BCUT2D eigenvalue weighted by Gasteiger charge is 2.23. The van der Waals surface area contributed by atoms with Crippen LogP contribution in [-0.2, 0) is 34.4 Å². The molecule has 6 nitrogen and oxygen atoms in total. The van der Waals surface area contributed by atoms with Crippen molar-refractivity contribution in [1.29, 1.82) is 0 Å². The molecule has 0 radical (unpaired) electrons. The molecule has 23 heavy (non-hydrogen) atoms. The first-order chi connectivity index (χ1) is 11.1. The minimum Gasteiger partial charge on any atom is -0.372 e. The zero-order valence-electron chi connectivity index (χ0n) is 12.5. The van der Waals surface area contributed by atoms with Crippen molar-refractivity contribution in [3.05, 3.63) is 47.5 Å². The summed E-state index contributed by atoms with van der Waals surface area (Å²) in [4.78, 5) is 8.70. The van der Waals surface area contributed by atoms with E-state index in [2.05, 4.69) is 14.7 Å². The first kappa shape index (κ1) is 14.6. The molecule has 1 aliphatic carbocycles. The number of hydrogen-bond donors (Lipinski definition) is 1. The summed E-state index contributed by atoms with van der Waals surface area (Å²) in [6.45, 7) is 0.997. The van der Waals surface area contributed by atoms with Gasteiger partial charge in [-0.05, 0) is 42.0 Å². The lowest BCUT2D eigenvalue weighted by Gasteiger charge is -2.09. The van der Waals surface area contributed by atoms with Crippen LogP contribution in [0.1, 0.15) is 29.8 Å². The number of rotatable bonds is 5. The van der Waals surface area contributed by atoms with Gasteiger partial charge in [0.1, 0.15) is 5.82 Å². The van der Waals surface area contributed by atoms with Gasteiger partial charge in [0.2, 0.25) is 0 Å². The van der Waals surface area contributed by atoms with Gasteiger partial charge in [0, 0.05) is 6.42 Å². The monoisotopic (exact) mass is 331 g/mol. The first-order valence-corrected chi connectivity index (χ1v) is 9.12. The summed E-state index contributed by atoms with van der Waals surface area (Å²) in [5.74, 6) is 1.47. The van der Waals surface area contributed by atoms with E-state index in [9.17, 15) is 8.42 Å². The standard InChI is InChI=1S/C16H17N3O3S/c20-23(21,15-4-3-12-9-22-10-13(12)6-15)19-14-7-17-16(18-8-14)5-11-1-2-11/h3-4,6-8,11,19H,1-2,5,9-10H2. The van der Waals surface area contributed by atoms with Crippen molar-refractivity contribution < 1.29 is 13.2 Å². The Morgan fingerprint density at radius 1 is 1.13 bits per heavy atom. The lowest BCUT2D eigenvalue weighted by atomic mass is 10.1. The first-order valence-electron chi connectivity index (χ1n) is 7.63. The summed E-state index contributed by atoms with van der Waals surface area (Å²) in [5, 5.41) is 0. The van der Waals surface area contributed by atoms with Gasteiger partial charge in [0.15, 0.2) is 0 Å². The van der Waals surface area contributed by atoms with E-state index in [1.54, 1.807) is 18.2 Å². The maximum Gasteiger partial charge on any atom is 0.262 e. The molecule has 2 aromatic rings. The normalized spacial score (nSPS) is 17.0. The van der Waals surface area contributed by atoms with E-state index in [0.717, 1.165) is 23.4 Å². The lowest BCUT2D eigenvalue weighted by molar-refractivity contribution is 0.134. The van der Waals surface area contributed by atoms with Gasteiger partial charge >= 0.3 is 0 Å². The molecule has 0 amide bonds. The summed E-state index contributed by atoms with van der Waals surface area (Å²) in [5.41, 5.74) is 2.34. The highest BCUT2D eigenvalue weighted by molar-refractivity contribution is 7.92. The quantitative estimate of drug-likeness (QED) is 0.909. The molecule has 4 rings (SSSR count). The predicted molar refractivity (Wildman–Crippen MR) is 84.2 cm³/mol. The highest BCUT2D eigenvalue weighted by atomic mass is 32.2. The number of aromatic nitrogens is 2. The van der Waals surface area contributed by atoms with Crippen molar-refractivity contribution in [2.45, 2.75) is 37.4 Å². The van der Waals surface area contributed by atoms with E-state index in [4.69, 9.17) is 4.74 Å². The molecule has 1 saturated carbocycles. The van der Waals surface area contributed by atoms with E-state index in [1.165, 1.54) is 25.2 Å². The van der Waals surface area contributed by atoms with Gasteiger partial charge in [-0.2, -0.15) is 0 Å². The molecule has 0 atom stereocenters. The molecule has 0 unspecified atom stereocenters. The third-order valence-electron chi connectivity index (χ3n) is 4.13. The third-order valence-corrected chi connectivity index (χ3v) is 5.51. The number of benzene rings is 1. The van der Waals surface area contributed by atoms with Crippen LogP contribution in [0.3, 0.4) is 0 Å². The Morgan fingerprint density at radius 2 is 1.87 bits per heavy atom. The lowest BCUT2D eigenvalue weighted by Crippen LogP contribution is -2.14. The summed E-state index contributed by atoms with van der Waals surface area (Å²) in [6, 6.07) is 5.05. The van der Waals surface area contributed by atoms with Crippen LogP contribution in [0.15, 0.2) is 35.5 Å². The van der Waals surface area contributed by atoms with Crippen LogP contribution in [0.4, 0.5) is 5.69 Å². The number of nitrogens with zero attached hydrogens (tertiary/aromatic N) is 2. The van der Waals surface area contributed by atoms with Crippen LogP contribution in [0, 0.1) is 5.92 Å². The smallest absolute Gasteiger partial charge is 0.262 e. The summed E-state index contributed by atoms with van der Waals surface area (Å²) in [7, 11) is -3.64. The summed E-state index contributed by atoms with van der Waals surface area (Å²) < 4.78 is 32.8. The summed E-state index contributed by atoms with van der Waals surface area (Å²) >= 11 is 0. The van der Waals surface area contributed by atoms with Gasteiger partial charge in [-0.1, -0.05) is 6.07 Å². The van der Waals surface area contributed by atoms with Gasteiger partial charge in [-0.25, -0.2) is 18.4 Å². The molecule has 1 N–H and O–H groups in total. The number of fused-ring (bicyclic) bond motifs is 1. The number of ether oxygens (including phenoxy) is 1. The largest absolute Gasteiger partial charge is 0.372 e. The fraction of sp³-hybridized carbons (Fsp3) is 0.375. The summed E-state index contributed by atoms with van der Waals surface area (Å²) in [6.07, 6.45) is 6.40. The molecule has 2 aliphatic rings. The van der Waals surface area contributed by atoms with Crippen molar-refractivity contribution in [2.75, 3.05) is 4.72 Å². The van der Waals surface area contributed by atoms with Crippen LogP contribution in [-0.4, -0.2) is 18.4 Å². The molecule has 1 aromatic carbocycles. The third kappa shape index (κ3) is 3.20. The Hall–Kier alpha value is -1.99. The molecule has 7 heteroatoms. The van der Waals surface area contributed by atoms with E-state index >= 15 is 0 Å². The second-order valence-corrected chi connectivity index (χ2v) is 7.75. The van der Waals surface area contributed by atoms with Crippen molar-refractivity contribution in [3.8, 4) is 0 Å². The maximum absolute atomic E-state index is 12.5. The van der Waals surface area contributed by atoms with Crippen LogP contribution in [0.5, 0.6) is 0 Å². The fourth-order valence-electron chi connectivity index (χ4n) is 2.62. The van der Waals surface area contributed by atoms with Crippen LogP contribution < -0.4 is 4.72 Å². The van der Waals surface area contributed by atoms with E-state index in [0.29, 0.717) is 24.8 Å². The molecule has 1 fully saturated rings. The van der Waals surface area contributed by atoms with Gasteiger partial charge in [-0.3, -0.25) is 4.72 Å². The number of sulfonamides is 1. The number of hydrogen-bond acceptors (Lipinski definition) is 5. The van der Waals surface area contributed by atoms with Crippen molar-refractivity contribution in [3.63, 3.8) is 0 Å². The minimum atomic E-state index is -3.64. The Morgan fingerprint density at radius 3 is 2.61 bits per heavy atom. The Bertz CT molecular complexity index is 830. The zero-order chi connectivity index (χ0) is 15.9. The molecular formula is C16H17N3O3S. The van der Waals surface area contributed by atoms with Crippen LogP contribution >= 0.6 is 0 Å². The van der Waals surface area contributed by atoms with Crippen LogP contribution in [0.2, 0.25) is 0 Å². The Balaban J connectivity index is 1.52. The fourth-order valence-corrected chi connectivity index (χ4v) is 3.70. The van der Waals surface area contributed by atoms with Gasteiger partial charge < -0.3 is 4.74 Å². The number of anilines is 1. The second-order valence-electron chi connectivity index (χ2n) is 6.06. The Labute approximate surface area is 135 Å². The van der Waals surface area contributed by atoms with Gasteiger partial charge in [0.25, 0.3) is 10.0 Å². The highest BCUT2D eigenvalue weighted by Crippen LogP contribution is 2.31. The molecule has 0 saturated heterocycles. The molecule has 2 heterocycles. The Kier molecular flexibility index (Phi) is 3.54. The molecule has 120 valence electrons. The van der Waals surface area contributed by atoms with Crippen LogP contribution in [0.25, 0.3) is 0 Å². The predicted octanol–water partition coefficient (Wildman–Crippen LogP) is 2.26. The molecule has 1 aromatic heterocycles. The van der Waals surface area contributed by atoms with Crippen molar-refractivity contribution >= 4 is 15.7 Å². The average Bonchev–Trinajstić information content (AvgIpc) is 3.22. The van der Waals surface area contributed by atoms with Crippen molar-refractivity contribution in [1.82, 2.24) is 9.97 Å². The van der Waals surface area contributed by atoms with E-state index in [-0.39, 0.29) is 4.90 Å². The average molecular weight is 331 g/mol. The molecule has 0 bridgehead atoms. The maximum atomic E-state index is 12.5. The molecular weight excluding hydrogens is 314 g/mol.